The monoisotopic (exact) mass is 713 g/mol. The Hall–Kier alpha value is -3.21. The highest BCUT2D eigenvalue weighted by Gasteiger charge is 2.41. The van der Waals surface area contributed by atoms with Crippen molar-refractivity contribution in [1.29, 1.82) is 0 Å². The fraction of sp³-hybridized carbons (Fsp3) is 0.524. The van der Waals surface area contributed by atoms with Crippen LogP contribution in [0.2, 0.25) is 36.3 Å². The number of benzene rings is 3. The fourth-order valence-electron chi connectivity index (χ4n) is 6.52. The predicted molar refractivity (Wildman–Crippen MR) is 211 cm³/mol. The number of fused-ring (bicyclic) bond motifs is 4. The molecular formula is C42H59NO5Si2. The van der Waals surface area contributed by atoms with E-state index in [1.165, 1.54) is 37.9 Å². The van der Waals surface area contributed by atoms with E-state index in [9.17, 15) is 0 Å². The first-order chi connectivity index (χ1) is 23.5. The van der Waals surface area contributed by atoms with Crippen LogP contribution >= 0.6 is 0 Å². The topological polar surface area (TPSA) is 49.4 Å². The molecule has 0 N–H and O–H groups in total. The molecule has 3 aromatic carbocycles. The van der Waals surface area contributed by atoms with Gasteiger partial charge in [0.05, 0.1) is 6.61 Å². The van der Waals surface area contributed by atoms with Crippen LogP contribution in [0.4, 0.5) is 0 Å². The minimum atomic E-state index is -2.05. The van der Waals surface area contributed by atoms with Crippen LogP contribution in [0.5, 0.6) is 28.7 Å². The second-order valence-electron chi connectivity index (χ2n) is 17.4. The lowest BCUT2D eigenvalue weighted by Crippen LogP contribution is -2.43. The molecule has 8 heteroatoms. The Balaban J connectivity index is 1.38. The van der Waals surface area contributed by atoms with Crippen molar-refractivity contribution in [1.82, 2.24) is 4.90 Å². The molecule has 0 spiro atoms. The van der Waals surface area contributed by atoms with Crippen molar-refractivity contribution >= 4 is 27.8 Å². The maximum Gasteiger partial charge on any atom is 0.250 e. The molecule has 1 fully saturated rings. The van der Waals surface area contributed by atoms with Gasteiger partial charge in [-0.1, -0.05) is 60.1 Å². The summed E-state index contributed by atoms with van der Waals surface area (Å²) < 4.78 is 33.5. The van der Waals surface area contributed by atoms with Crippen molar-refractivity contribution in [2.24, 2.45) is 0 Å². The second kappa shape index (κ2) is 14.1. The number of rotatable bonds is 9. The van der Waals surface area contributed by atoms with E-state index in [0.717, 1.165) is 64.0 Å². The van der Waals surface area contributed by atoms with Crippen LogP contribution in [-0.4, -0.2) is 54.4 Å². The Bertz CT molecular complexity index is 1710. The Labute approximate surface area is 303 Å². The molecule has 0 aliphatic carbocycles. The van der Waals surface area contributed by atoms with Crippen molar-refractivity contribution in [3.05, 3.63) is 77.4 Å². The van der Waals surface area contributed by atoms with Gasteiger partial charge in [-0.3, -0.25) is 4.90 Å². The first-order valence-corrected chi connectivity index (χ1v) is 24.5. The number of likely N-dealkylation sites (tertiary alicyclic amines) is 1. The van der Waals surface area contributed by atoms with E-state index in [1.54, 1.807) is 0 Å². The Morgan fingerprint density at radius 1 is 0.720 bits per heavy atom. The highest BCUT2D eigenvalue weighted by atomic mass is 28.4. The zero-order valence-corrected chi connectivity index (χ0v) is 34.2. The Kier molecular flexibility index (Phi) is 10.3. The molecule has 270 valence electrons. The Morgan fingerprint density at radius 3 is 1.98 bits per heavy atom. The lowest BCUT2D eigenvalue weighted by Gasteiger charge is -2.37. The maximum atomic E-state index is 7.08. The number of ether oxygens (including phenoxy) is 3. The standard InChI is InChI=1S/C42H59NO5Si2/c1-41(2,3)49(7,8)47-32-18-20-36-37(28-32)45-25-21-35-34-19-17-33(48-50(9,10)42(4,5)6)29-38(34)46-40(39(35)36)30-15-14-16-31(27-30)44-26-24-43-22-12-11-13-23-43/h14-20,27-29,40H,11-13,21-26H2,1-10H3/t40-/m0/s1. The lowest BCUT2D eigenvalue weighted by atomic mass is 9.84. The third kappa shape index (κ3) is 7.82. The molecule has 3 heterocycles. The molecule has 3 aromatic rings. The summed E-state index contributed by atoms with van der Waals surface area (Å²) in [5, 5.41) is 0.183. The normalized spacial score (nSPS) is 18.6. The van der Waals surface area contributed by atoms with Gasteiger partial charge in [0.15, 0.2) is 6.10 Å². The molecule has 6 rings (SSSR count). The van der Waals surface area contributed by atoms with E-state index >= 15 is 0 Å². The second-order valence-corrected chi connectivity index (χ2v) is 26.8. The molecular weight excluding hydrogens is 655 g/mol. The van der Waals surface area contributed by atoms with E-state index in [1.807, 2.05) is 0 Å². The van der Waals surface area contributed by atoms with Gasteiger partial charge in [0.2, 0.25) is 16.6 Å². The number of piperidine rings is 1. The third-order valence-electron chi connectivity index (χ3n) is 11.6. The molecule has 0 saturated carbocycles. The summed E-state index contributed by atoms with van der Waals surface area (Å²) in [4.78, 5) is 2.51. The average molecular weight is 714 g/mol. The highest BCUT2D eigenvalue weighted by molar-refractivity contribution is 6.75. The van der Waals surface area contributed by atoms with E-state index in [4.69, 9.17) is 23.1 Å². The van der Waals surface area contributed by atoms with Gasteiger partial charge < -0.3 is 23.1 Å². The van der Waals surface area contributed by atoms with Gasteiger partial charge in [0.1, 0.15) is 35.4 Å². The predicted octanol–water partition coefficient (Wildman–Crippen LogP) is 11.1. The molecule has 1 saturated heterocycles. The van der Waals surface area contributed by atoms with E-state index in [-0.39, 0.29) is 16.2 Å². The largest absolute Gasteiger partial charge is 0.543 e. The summed E-state index contributed by atoms with van der Waals surface area (Å²) in [6, 6.07) is 21.3. The van der Waals surface area contributed by atoms with Crippen LogP contribution in [0.15, 0.2) is 60.7 Å². The van der Waals surface area contributed by atoms with Gasteiger partial charge in [-0.2, -0.15) is 0 Å². The van der Waals surface area contributed by atoms with E-state index in [0.29, 0.717) is 13.2 Å². The van der Waals surface area contributed by atoms with Gasteiger partial charge in [0.25, 0.3) is 0 Å². The molecule has 1 atom stereocenters. The van der Waals surface area contributed by atoms with Crippen LogP contribution in [-0.2, 0) is 0 Å². The molecule has 50 heavy (non-hydrogen) atoms. The summed E-state index contributed by atoms with van der Waals surface area (Å²) in [6.45, 7) is 27.3. The number of hydrogen-bond acceptors (Lipinski definition) is 6. The quantitative estimate of drug-likeness (QED) is 0.206. The smallest absolute Gasteiger partial charge is 0.250 e. The first kappa shape index (κ1) is 36.6. The minimum Gasteiger partial charge on any atom is -0.543 e. The fourth-order valence-corrected chi connectivity index (χ4v) is 8.56. The SMILES string of the molecule is CC(C)(C)[Si](C)(C)Oc1ccc2c(c1)O[C@@H](c1cccc(OCCN3CCCCC3)c1)C1=C2CCOc2cc(O[Si](C)(C)C(C)(C)C)ccc21. The van der Waals surface area contributed by atoms with Crippen LogP contribution < -0.4 is 23.1 Å². The zero-order chi connectivity index (χ0) is 35.9. The van der Waals surface area contributed by atoms with Crippen LogP contribution in [0.25, 0.3) is 11.1 Å². The molecule has 6 nitrogen and oxygen atoms in total. The average Bonchev–Trinajstić information content (AvgIpc) is 3.23. The van der Waals surface area contributed by atoms with Crippen LogP contribution in [0, 0.1) is 0 Å². The summed E-state index contributed by atoms with van der Waals surface area (Å²) in [5.41, 5.74) is 5.61. The van der Waals surface area contributed by atoms with E-state index in [2.05, 4.69) is 133 Å². The van der Waals surface area contributed by atoms with Crippen molar-refractivity contribution < 1.29 is 23.1 Å². The third-order valence-corrected chi connectivity index (χ3v) is 20.3. The van der Waals surface area contributed by atoms with Crippen molar-refractivity contribution in [2.45, 2.75) is 110 Å². The van der Waals surface area contributed by atoms with Gasteiger partial charge in [-0.25, -0.2) is 0 Å². The number of nitrogens with zero attached hydrogens (tertiary/aromatic N) is 1. The van der Waals surface area contributed by atoms with Gasteiger partial charge in [-0.05, 0) is 104 Å². The first-order valence-electron chi connectivity index (χ1n) is 18.7. The van der Waals surface area contributed by atoms with Gasteiger partial charge >= 0.3 is 0 Å². The van der Waals surface area contributed by atoms with E-state index < -0.39 is 16.6 Å². The molecule has 3 aliphatic rings. The Morgan fingerprint density at radius 2 is 1.34 bits per heavy atom. The summed E-state index contributed by atoms with van der Waals surface area (Å²) >= 11 is 0. The van der Waals surface area contributed by atoms with Crippen molar-refractivity contribution in [2.75, 3.05) is 32.8 Å². The summed E-state index contributed by atoms with van der Waals surface area (Å²) in [7, 11) is -4.08. The molecule has 0 unspecified atom stereocenters. The molecule has 0 amide bonds. The van der Waals surface area contributed by atoms with Crippen molar-refractivity contribution in [3.63, 3.8) is 0 Å². The molecule has 0 radical (unpaired) electrons. The molecule has 0 bridgehead atoms. The lowest BCUT2D eigenvalue weighted by molar-refractivity contribution is 0.183. The van der Waals surface area contributed by atoms with Crippen LogP contribution in [0.3, 0.4) is 0 Å². The van der Waals surface area contributed by atoms with Crippen LogP contribution in [0.1, 0.15) is 90.0 Å². The summed E-state index contributed by atoms with van der Waals surface area (Å²) in [5.74, 6) is 4.29. The highest BCUT2D eigenvalue weighted by Crippen LogP contribution is 2.53. The van der Waals surface area contributed by atoms with Gasteiger partial charge in [0, 0.05) is 47.4 Å². The molecule has 3 aliphatic heterocycles. The summed E-state index contributed by atoms with van der Waals surface area (Å²) in [6.07, 6.45) is 4.32. The maximum absolute atomic E-state index is 7.08. The zero-order valence-electron chi connectivity index (χ0n) is 32.2. The van der Waals surface area contributed by atoms with Gasteiger partial charge in [-0.15, -0.1) is 0 Å². The van der Waals surface area contributed by atoms with Crippen molar-refractivity contribution in [3.8, 4) is 28.7 Å². The minimum absolute atomic E-state index is 0.0892. The number of hydrogen-bond donors (Lipinski definition) is 0. The molecule has 0 aromatic heterocycles.